The molecule has 0 saturated carbocycles. The minimum atomic E-state index is -0.340. The van der Waals surface area contributed by atoms with E-state index in [4.69, 9.17) is 5.73 Å². The van der Waals surface area contributed by atoms with E-state index in [1.54, 1.807) is 0 Å². The normalized spacial score (nSPS) is 15.5. The van der Waals surface area contributed by atoms with Gasteiger partial charge in [-0.2, -0.15) is 0 Å². The highest BCUT2D eigenvalue weighted by Crippen LogP contribution is 2.20. The van der Waals surface area contributed by atoms with Crippen LogP contribution in [0, 0.1) is 0 Å². The molecule has 1 aliphatic heterocycles. The van der Waals surface area contributed by atoms with Crippen LogP contribution in [0.5, 0.6) is 5.75 Å². The van der Waals surface area contributed by atoms with Gasteiger partial charge in [0.15, 0.2) is 0 Å². The number of benzene rings is 1. The number of nitrogen functional groups attached to an aromatic ring is 1. The molecule has 1 aliphatic rings. The van der Waals surface area contributed by atoms with Gasteiger partial charge in [-0.3, -0.25) is 9.59 Å². The van der Waals surface area contributed by atoms with Gasteiger partial charge in [0.1, 0.15) is 5.75 Å². The van der Waals surface area contributed by atoms with Gasteiger partial charge in [0, 0.05) is 18.8 Å². The van der Waals surface area contributed by atoms with Gasteiger partial charge in [-0.1, -0.05) is 0 Å². The number of rotatable bonds is 1. The number of carbonyl (C=O) groups excluding carboxylic acids is 2. The number of amides is 2. The molecule has 17 heavy (non-hydrogen) atoms. The Hall–Kier alpha value is -2.24. The number of phenols is 1. The maximum absolute atomic E-state index is 12.1. The molecule has 4 N–H and O–H groups in total. The van der Waals surface area contributed by atoms with E-state index in [1.165, 1.54) is 23.1 Å². The first-order valence-electron chi connectivity index (χ1n) is 5.22. The third-order valence-corrected chi connectivity index (χ3v) is 2.59. The molecule has 0 aliphatic carbocycles. The lowest BCUT2D eigenvalue weighted by Crippen LogP contribution is -2.50. The van der Waals surface area contributed by atoms with Crippen molar-refractivity contribution in [2.75, 3.05) is 25.4 Å². The van der Waals surface area contributed by atoms with E-state index in [0.29, 0.717) is 18.8 Å². The molecule has 0 aromatic heterocycles. The quantitative estimate of drug-likeness (QED) is 0.453. The summed E-state index contributed by atoms with van der Waals surface area (Å²) in [7, 11) is 0. The van der Waals surface area contributed by atoms with E-state index in [-0.39, 0.29) is 29.7 Å². The maximum atomic E-state index is 12.1. The van der Waals surface area contributed by atoms with E-state index in [9.17, 15) is 14.7 Å². The average Bonchev–Trinajstić information content (AvgIpc) is 2.31. The summed E-state index contributed by atoms with van der Waals surface area (Å²) in [5, 5.41) is 12.0. The molecule has 90 valence electrons. The van der Waals surface area contributed by atoms with Crippen molar-refractivity contribution in [3.05, 3.63) is 23.8 Å². The van der Waals surface area contributed by atoms with Gasteiger partial charge in [0.05, 0.1) is 12.1 Å². The van der Waals surface area contributed by atoms with Crippen LogP contribution in [0.15, 0.2) is 18.2 Å². The summed E-state index contributed by atoms with van der Waals surface area (Å²) in [4.78, 5) is 24.7. The van der Waals surface area contributed by atoms with Gasteiger partial charge in [0.2, 0.25) is 5.91 Å². The molecule has 1 fully saturated rings. The van der Waals surface area contributed by atoms with Crippen LogP contribution < -0.4 is 11.1 Å². The lowest BCUT2D eigenvalue weighted by Gasteiger charge is -2.27. The molecule has 0 radical (unpaired) electrons. The first-order chi connectivity index (χ1) is 8.08. The van der Waals surface area contributed by atoms with E-state index in [0.717, 1.165) is 0 Å². The number of nitrogens with zero attached hydrogens (tertiary/aromatic N) is 1. The lowest BCUT2D eigenvalue weighted by molar-refractivity contribution is -0.123. The Morgan fingerprint density at radius 3 is 2.94 bits per heavy atom. The Bertz CT molecular complexity index is 473. The van der Waals surface area contributed by atoms with Crippen molar-refractivity contribution < 1.29 is 14.7 Å². The summed E-state index contributed by atoms with van der Waals surface area (Å²) < 4.78 is 0. The molecule has 1 aromatic carbocycles. The molecule has 0 bridgehead atoms. The van der Waals surface area contributed by atoms with Crippen LogP contribution in [-0.2, 0) is 4.79 Å². The van der Waals surface area contributed by atoms with Crippen LogP contribution in [0.2, 0.25) is 0 Å². The molecule has 6 nitrogen and oxygen atoms in total. The van der Waals surface area contributed by atoms with Gasteiger partial charge < -0.3 is 21.1 Å². The number of hydrogen-bond acceptors (Lipinski definition) is 4. The Kier molecular flexibility index (Phi) is 2.86. The Balaban J connectivity index is 2.24. The maximum Gasteiger partial charge on any atom is 0.256 e. The highest BCUT2D eigenvalue weighted by molar-refractivity contribution is 6.01. The van der Waals surface area contributed by atoms with Gasteiger partial charge >= 0.3 is 0 Å². The minimum Gasteiger partial charge on any atom is -0.508 e. The number of anilines is 1. The van der Waals surface area contributed by atoms with Crippen LogP contribution in [0.3, 0.4) is 0 Å². The van der Waals surface area contributed by atoms with Gasteiger partial charge in [-0.05, 0) is 18.2 Å². The van der Waals surface area contributed by atoms with Crippen molar-refractivity contribution in [1.82, 2.24) is 10.2 Å². The number of aromatic hydroxyl groups is 1. The van der Waals surface area contributed by atoms with Crippen molar-refractivity contribution in [3.8, 4) is 5.75 Å². The van der Waals surface area contributed by atoms with E-state index in [2.05, 4.69) is 5.32 Å². The lowest BCUT2D eigenvalue weighted by atomic mass is 10.1. The Morgan fingerprint density at radius 2 is 2.24 bits per heavy atom. The fourth-order valence-electron chi connectivity index (χ4n) is 1.71. The largest absolute Gasteiger partial charge is 0.508 e. The topological polar surface area (TPSA) is 95.7 Å². The third kappa shape index (κ3) is 2.30. The van der Waals surface area contributed by atoms with Gasteiger partial charge in [-0.15, -0.1) is 0 Å². The fourth-order valence-corrected chi connectivity index (χ4v) is 1.71. The monoisotopic (exact) mass is 235 g/mol. The molecule has 6 heteroatoms. The van der Waals surface area contributed by atoms with Crippen LogP contribution >= 0.6 is 0 Å². The number of phenolic OH excluding ortho intramolecular Hbond substituents is 1. The number of piperazine rings is 1. The number of carbonyl (C=O) groups is 2. The van der Waals surface area contributed by atoms with E-state index < -0.39 is 0 Å². The molecule has 2 rings (SSSR count). The zero-order valence-electron chi connectivity index (χ0n) is 9.14. The van der Waals surface area contributed by atoms with Gasteiger partial charge in [0.25, 0.3) is 5.91 Å². The second kappa shape index (κ2) is 4.32. The van der Waals surface area contributed by atoms with E-state index in [1.807, 2.05) is 0 Å². The summed E-state index contributed by atoms with van der Waals surface area (Å²) in [5.74, 6) is -0.555. The molecule has 1 aromatic rings. The van der Waals surface area contributed by atoms with Crippen molar-refractivity contribution in [2.45, 2.75) is 0 Å². The standard InChI is InChI=1S/C11H13N3O3/c12-9-2-1-7(15)5-8(9)11(17)14-4-3-13-10(16)6-14/h1-2,5,15H,3-4,6,12H2,(H,13,16). The van der Waals surface area contributed by atoms with Crippen molar-refractivity contribution in [3.63, 3.8) is 0 Å². The SMILES string of the molecule is Nc1ccc(O)cc1C(=O)N1CCNC(=O)C1. The summed E-state index contributed by atoms with van der Waals surface area (Å²) in [6, 6.07) is 4.19. The predicted octanol–water partition coefficient (Wildman–Crippen LogP) is -0.454. The van der Waals surface area contributed by atoms with Crippen LogP contribution in [0.4, 0.5) is 5.69 Å². The molecule has 1 heterocycles. The second-order valence-corrected chi connectivity index (χ2v) is 3.85. The van der Waals surface area contributed by atoms with Crippen LogP contribution in [0.1, 0.15) is 10.4 Å². The molecule has 2 amide bonds. The highest BCUT2D eigenvalue weighted by atomic mass is 16.3. The minimum absolute atomic E-state index is 0.0218. The Labute approximate surface area is 98.0 Å². The summed E-state index contributed by atoms with van der Waals surface area (Å²) in [5.41, 5.74) is 6.18. The zero-order chi connectivity index (χ0) is 12.4. The highest BCUT2D eigenvalue weighted by Gasteiger charge is 2.23. The van der Waals surface area contributed by atoms with Crippen LogP contribution in [0.25, 0.3) is 0 Å². The van der Waals surface area contributed by atoms with E-state index >= 15 is 0 Å². The molecular formula is C11H13N3O3. The molecule has 0 spiro atoms. The number of hydrogen-bond donors (Lipinski definition) is 3. The molecule has 0 unspecified atom stereocenters. The van der Waals surface area contributed by atoms with Crippen LogP contribution in [-0.4, -0.2) is 41.5 Å². The summed E-state index contributed by atoms with van der Waals surface area (Å²) in [6.45, 7) is 0.900. The first-order valence-corrected chi connectivity index (χ1v) is 5.22. The predicted molar refractivity (Wildman–Crippen MR) is 61.4 cm³/mol. The number of nitrogens with one attached hydrogen (secondary N) is 1. The summed E-state index contributed by atoms with van der Waals surface area (Å²) in [6.07, 6.45) is 0. The smallest absolute Gasteiger partial charge is 0.256 e. The zero-order valence-corrected chi connectivity index (χ0v) is 9.14. The summed E-state index contributed by atoms with van der Waals surface area (Å²) >= 11 is 0. The number of nitrogens with two attached hydrogens (primary N) is 1. The van der Waals surface area contributed by atoms with Crippen molar-refractivity contribution >= 4 is 17.5 Å². The first kappa shape index (κ1) is 11.3. The average molecular weight is 235 g/mol. The van der Waals surface area contributed by atoms with Gasteiger partial charge in [-0.25, -0.2) is 0 Å². The fraction of sp³-hybridized carbons (Fsp3) is 0.273. The molecule has 1 saturated heterocycles. The molecular weight excluding hydrogens is 222 g/mol. The third-order valence-electron chi connectivity index (χ3n) is 2.59. The second-order valence-electron chi connectivity index (χ2n) is 3.85. The Morgan fingerprint density at radius 1 is 1.47 bits per heavy atom. The molecule has 0 atom stereocenters. The van der Waals surface area contributed by atoms with Crippen molar-refractivity contribution in [2.24, 2.45) is 0 Å². The van der Waals surface area contributed by atoms with Crippen molar-refractivity contribution in [1.29, 1.82) is 0 Å².